The molecule has 108 valence electrons. The molecule has 0 aliphatic heterocycles. The molecule has 1 rings (SSSR count). The average Bonchev–Trinajstić information content (AvgIpc) is 2.46. The van der Waals surface area contributed by atoms with Crippen LogP contribution in [0.15, 0.2) is 18.3 Å². The van der Waals surface area contributed by atoms with E-state index in [1.54, 1.807) is 0 Å². The van der Waals surface area contributed by atoms with Crippen LogP contribution in [0, 0.1) is 0 Å². The van der Waals surface area contributed by atoms with E-state index in [1.807, 2.05) is 18.0 Å². The van der Waals surface area contributed by atoms with Gasteiger partial charge in [0.2, 0.25) is 0 Å². The van der Waals surface area contributed by atoms with E-state index in [0.29, 0.717) is 0 Å². The molecule has 4 heteroatoms. The maximum atomic E-state index is 4.43. The van der Waals surface area contributed by atoms with Gasteiger partial charge in [0.1, 0.15) is 5.82 Å². The molecule has 1 aromatic heterocycles. The Morgan fingerprint density at radius 3 is 2.58 bits per heavy atom. The average molecular weight is 281 g/mol. The quantitative estimate of drug-likeness (QED) is 0.665. The number of anilines is 1. The minimum Gasteiger partial charge on any atom is -0.370 e. The van der Waals surface area contributed by atoms with Crippen LogP contribution in [0.25, 0.3) is 0 Å². The molecule has 0 atom stereocenters. The maximum absolute atomic E-state index is 4.43. The molecule has 0 bridgehead atoms. The topological polar surface area (TPSA) is 28.2 Å². The molecule has 0 radical (unpaired) electrons. The summed E-state index contributed by atoms with van der Waals surface area (Å²) in [5, 5.41) is 3.29. The first-order chi connectivity index (χ1) is 9.30. The van der Waals surface area contributed by atoms with E-state index in [4.69, 9.17) is 0 Å². The van der Waals surface area contributed by atoms with E-state index < -0.39 is 0 Å². The second-order valence-electron chi connectivity index (χ2n) is 4.56. The van der Waals surface area contributed by atoms with E-state index in [-0.39, 0.29) is 0 Å². The van der Waals surface area contributed by atoms with Gasteiger partial charge in [-0.25, -0.2) is 4.98 Å². The predicted octanol–water partition coefficient (Wildman–Crippen LogP) is 3.48. The highest BCUT2D eigenvalue weighted by Crippen LogP contribution is 2.13. The Balaban J connectivity index is 2.22. The standard InChI is InChI=1S/C15H27N3S/c1-4-9-16-15-8-7-14(12-17-15)13-19-11-10-18(5-2)6-3/h7-8,12H,4-6,9-11,13H2,1-3H3,(H,16,17). The number of aromatic nitrogens is 1. The summed E-state index contributed by atoms with van der Waals surface area (Å²) in [6, 6.07) is 4.26. The molecule has 0 aliphatic rings. The van der Waals surface area contributed by atoms with Crippen LogP contribution < -0.4 is 5.32 Å². The van der Waals surface area contributed by atoms with Gasteiger partial charge >= 0.3 is 0 Å². The Bertz CT molecular complexity index is 323. The van der Waals surface area contributed by atoms with Crippen LogP contribution in [0.3, 0.4) is 0 Å². The minimum absolute atomic E-state index is 0.985. The monoisotopic (exact) mass is 281 g/mol. The summed E-state index contributed by atoms with van der Waals surface area (Å²) < 4.78 is 0. The van der Waals surface area contributed by atoms with Crippen molar-refractivity contribution in [1.82, 2.24) is 9.88 Å². The largest absolute Gasteiger partial charge is 0.370 e. The first-order valence-electron chi connectivity index (χ1n) is 7.29. The number of hydrogen-bond acceptors (Lipinski definition) is 4. The van der Waals surface area contributed by atoms with Gasteiger partial charge in [-0.05, 0) is 31.1 Å². The van der Waals surface area contributed by atoms with Gasteiger partial charge in [0.05, 0.1) is 0 Å². The van der Waals surface area contributed by atoms with Crippen LogP contribution in [-0.2, 0) is 5.75 Å². The molecule has 1 aromatic rings. The van der Waals surface area contributed by atoms with Gasteiger partial charge in [0.15, 0.2) is 0 Å². The highest BCUT2D eigenvalue weighted by atomic mass is 32.2. The van der Waals surface area contributed by atoms with Crippen LogP contribution in [0.1, 0.15) is 32.8 Å². The van der Waals surface area contributed by atoms with Crippen molar-refractivity contribution in [2.75, 3.05) is 37.2 Å². The summed E-state index contributed by atoms with van der Waals surface area (Å²) in [6.45, 7) is 11.1. The first kappa shape index (κ1) is 16.3. The zero-order valence-corrected chi connectivity index (χ0v) is 13.3. The molecule has 1 heterocycles. The fourth-order valence-electron chi connectivity index (χ4n) is 1.79. The SMILES string of the molecule is CCCNc1ccc(CSCCN(CC)CC)cn1. The van der Waals surface area contributed by atoms with Crippen molar-refractivity contribution in [2.24, 2.45) is 0 Å². The second-order valence-corrected chi connectivity index (χ2v) is 5.66. The van der Waals surface area contributed by atoms with Crippen LogP contribution in [-0.4, -0.2) is 41.8 Å². The lowest BCUT2D eigenvalue weighted by atomic mass is 10.3. The van der Waals surface area contributed by atoms with Gasteiger partial charge in [-0.3, -0.25) is 0 Å². The first-order valence-corrected chi connectivity index (χ1v) is 8.44. The second kappa shape index (κ2) is 10.1. The van der Waals surface area contributed by atoms with E-state index >= 15 is 0 Å². The molecular formula is C15H27N3S. The maximum Gasteiger partial charge on any atom is 0.125 e. The van der Waals surface area contributed by atoms with Crippen LogP contribution in [0.5, 0.6) is 0 Å². The lowest BCUT2D eigenvalue weighted by Gasteiger charge is -2.17. The van der Waals surface area contributed by atoms with Crippen molar-refractivity contribution in [2.45, 2.75) is 32.9 Å². The molecule has 0 saturated heterocycles. The Kier molecular flexibility index (Phi) is 8.67. The molecule has 3 nitrogen and oxygen atoms in total. The van der Waals surface area contributed by atoms with Crippen LogP contribution in [0.4, 0.5) is 5.82 Å². The number of nitrogens with one attached hydrogen (secondary N) is 1. The molecule has 0 fully saturated rings. The van der Waals surface area contributed by atoms with Crippen molar-refractivity contribution >= 4 is 17.6 Å². The van der Waals surface area contributed by atoms with E-state index in [0.717, 1.165) is 37.6 Å². The lowest BCUT2D eigenvalue weighted by molar-refractivity contribution is 0.324. The normalized spacial score (nSPS) is 10.9. The van der Waals surface area contributed by atoms with Gasteiger partial charge < -0.3 is 10.2 Å². The highest BCUT2D eigenvalue weighted by molar-refractivity contribution is 7.98. The molecule has 1 N–H and O–H groups in total. The molecule has 0 saturated carbocycles. The van der Waals surface area contributed by atoms with Crippen LogP contribution >= 0.6 is 11.8 Å². The zero-order chi connectivity index (χ0) is 13.9. The predicted molar refractivity (Wildman–Crippen MR) is 87.0 cm³/mol. The summed E-state index contributed by atoms with van der Waals surface area (Å²) in [4.78, 5) is 6.89. The van der Waals surface area contributed by atoms with Gasteiger partial charge in [0, 0.05) is 30.8 Å². The van der Waals surface area contributed by atoms with Gasteiger partial charge in [-0.1, -0.05) is 26.8 Å². The van der Waals surface area contributed by atoms with E-state index in [9.17, 15) is 0 Å². The highest BCUT2D eigenvalue weighted by Gasteiger charge is 2.00. The third-order valence-corrected chi connectivity index (χ3v) is 4.10. The number of nitrogens with zero attached hydrogens (tertiary/aromatic N) is 2. The molecule has 0 unspecified atom stereocenters. The molecule has 0 spiro atoms. The Morgan fingerprint density at radius 2 is 2.00 bits per heavy atom. The van der Waals surface area contributed by atoms with Crippen molar-refractivity contribution in [3.8, 4) is 0 Å². The molecule has 0 amide bonds. The summed E-state index contributed by atoms with van der Waals surface area (Å²) in [5.41, 5.74) is 1.31. The zero-order valence-electron chi connectivity index (χ0n) is 12.5. The van der Waals surface area contributed by atoms with E-state index in [1.165, 1.54) is 17.9 Å². The molecule has 19 heavy (non-hydrogen) atoms. The summed E-state index contributed by atoms with van der Waals surface area (Å²) >= 11 is 1.99. The molecule has 0 aliphatic carbocycles. The van der Waals surface area contributed by atoms with Crippen molar-refractivity contribution < 1.29 is 0 Å². The van der Waals surface area contributed by atoms with Gasteiger partial charge in [-0.2, -0.15) is 11.8 Å². The van der Waals surface area contributed by atoms with Crippen molar-refractivity contribution in [3.63, 3.8) is 0 Å². The fourth-order valence-corrected chi connectivity index (χ4v) is 2.73. The number of hydrogen-bond donors (Lipinski definition) is 1. The Morgan fingerprint density at radius 1 is 1.21 bits per heavy atom. The number of pyridine rings is 1. The minimum atomic E-state index is 0.985. The van der Waals surface area contributed by atoms with E-state index in [2.05, 4.69) is 48.1 Å². The summed E-state index contributed by atoms with van der Waals surface area (Å²) in [6.07, 6.45) is 3.12. The van der Waals surface area contributed by atoms with Crippen molar-refractivity contribution in [1.29, 1.82) is 0 Å². The number of rotatable bonds is 10. The Hall–Kier alpha value is -0.740. The number of thioether (sulfide) groups is 1. The molecule has 0 aromatic carbocycles. The fraction of sp³-hybridized carbons (Fsp3) is 0.667. The molecular weight excluding hydrogens is 254 g/mol. The van der Waals surface area contributed by atoms with Gasteiger partial charge in [-0.15, -0.1) is 0 Å². The summed E-state index contributed by atoms with van der Waals surface area (Å²) in [5.74, 6) is 3.23. The smallest absolute Gasteiger partial charge is 0.125 e. The van der Waals surface area contributed by atoms with Gasteiger partial charge in [0.25, 0.3) is 0 Å². The summed E-state index contributed by atoms with van der Waals surface area (Å²) in [7, 11) is 0. The third-order valence-electron chi connectivity index (χ3n) is 3.10. The van der Waals surface area contributed by atoms with Crippen LogP contribution in [0.2, 0.25) is 0 Å². The lowest BCUT2D eigenvalue weighted by Crippen LogP contribution is -2.25. The Labute approximate surface area is 122 Å². The third kappa shape index (κ3) is 6.83. The van der Waals surface area contributed by atoms with Crippen molar-refractivity contribution in [3.05, 3.63) is 23.9 Å².